The van der Waals surface area contributed by atoms with Crippen molar-refractivity contribution in [3.63, 3.8) is 0 Å². The van der Waals surface area contributed by atoms with E-state index in [2.05, 4.69) is 29.1 Å². The molecule has 0 aromatic heterocycles. The zero-order valence-electron chi connectivity index (χ0n) is 21.6. The molecular formula is C28H35BrClN3O5. The molecule has 1 spiro atoms. The predicted molar refractivity (Wildman–Crippen MR) is 150 cm³/mol. The number of aliphatic hydroxyl groups excluding tert-OH is 1. The van der Waals surface area contributed by atoms with Crippen molar-refractivity contribution in [2.45, 2.75) is 48.3 Å². The van der Waals surface area contributed by atoms with Gasteiger partial charge in [-0.15, -0.1) is 13.2 Å². The van der Waals surface area contributed by atoms with Crippen LogP contribution in [-0.2, 0) is 19.1 Å². The molecule has 0 radical (unpaired) electrons. The molecule has 3 aliphatic rings. The fourth-order valence-electron chi connectivity index (χ4n) is 6.29. The molecule has 10 heteroatoms. The lowest BCUT2D eigenvalue weighted by Crippen LogP contribution is -2.57. The van der Waals surface area contributed by atoms with Gasteiger partial charge in [-0.05, 0) is 37.8 Å². The second-order valence-electron chi connectivity index (χ2n) is 10.2. The van der Waals surface area contributed by atoms with E-state index < -0.39 is 29.6 Å². The number of aliphatic hydroxyl groups is 1. The van der Waals surface area contributed by atoms with Crippen LogP contribution in [-0.4, -0.2) is 88.5 Å². The first-order chi connectivity index (χ1) is 18.2. The highest BCUT2D eigenvalue weighted by Crippen LogP contribution is 2.60. The van der Waals surface area contributed by atoms with Gasteiger partial charge in [-0.2, -0.15) is 0 Å². The summed E-state index contributed by atoms with van der Waals surface area (Å²) in [6, 6.07) is 6.13. The number of fused-ring (bicyclic) bond motifs is 1. The third kappa shape index (κ3) is 4.83. The maximum Gasteiger partial charge on any atom is 0.253 e. The van der Waals surface area contributed by atoms with Crippen LogP contribution >= 0.6 is 27.5 Å². The van der Waals surface area contributed by atoms with Crippen LogP contribution in [0.1, 0.15) is 25.7 Å². The summed E-state index contributed by atoms with van der Waals surface area (Å²) in [5.74, 6) is -2.23. The Kier molecular flexibility index (Phi) is 9.02. The van der Waals surface area contributed by atoms with Gasteiger partial charge < -0.3 is 24.5 Å². The zero-order valence-corrected chi connectivity index (χ0v) is 23.9. The Hall–Kier alpha value is -2.20. The lowest BCUT2D eigenvalue weighted by Gasteiger charge is -2.37. The van der Waals surface area contributed by atoms with Crippen molar-refractivity contribution in [3.05, 3.63) is 54.6 Å². The highest BCUT2D eigenvalue weighted by atomic mass is 79.9. The molecule has 2 bridgehead atoms. The minimum Gasteiger partial charge on any atom is -0.396 e. The van der Waals surface area contributed by atoms with Gasteiger partial charge in [-0.1, -0.05) is 51.8 Å². The van der Waals surface area contributed by atoms with Crippen LogP contribution in [0.15, 0.2) is 49.6 Å². The van der Waals surface area contributed by atoms with Crippen molar-refractivity contribution >= 4 is 50.9 Å². The number of hydrogen-bond donors (Lipinski definition) is 1. The standard InChI is InChI=1S/C28H35BrClN3O5/c1-4-13-31(3)25(35)21-22-26(36)33(15-9-6-10-16-34)24(28(22)17-18(29)23(21)38-28)27(37)32(14-5-2)20-12-8-7-11-19(20)30/h4-5,7-8,11-12,18,21-24,34H,1-2,6,9-10,13-17H2,3H3/t18?,21-,22-,23-,24?,28?/m0/s1. The third-order valence-corrected chi connectivity index (χ3v) is 9.03. The zero-order chi connectivity index (χ0) is 27.6. The molecule has 206 valence electrons. The Bertz CT molecular complexity index is 1100. The predicted octanol–water partition coefficient (Wildman–Crippen LogP) is 3.41. The quantitative estimate of drug-likeness (QED) is 0.223. The second kappa shape index (κ2) is 11.9. The van der Waals surface area contributed by atoms with E-state index in [1.807, 2.05) is 0 Å². The van der Waals surface area contributed by atoms with E-state index >= 15 is 0 Å². The van der Waals surface area contributed by atoms with Gasteiger partial charge in [0.25, 0.3) is 5.91 Å². The number of likely N-dealkylation sites (N-methyl/N-ethyl adjacent to an activating group) is 1. The summed E-state index contributed by atoms with van der Waals surface area (Å²) in [4.78, 5) is 46.7. The number of likely N-dealkylation sites (tertiary alicyclic amines) is 1. The number of hydrogen-bond acceptors (Lipinski definition) is 5. The summed E-state index contributed by atoms with van der Waals surface area (Å²) in [6.07, 6.45) is 5.08. The van der Waals surface area contributed by atoms with Crippen molar-refractivity contribution in [1.82, 2.24) is 9.80 Å². The largest absolute Gasteiger partial charge is 0.396 e. The van der Waals surface area contributed by atoms with E-state index in [0.29, 0.717) is 49.5 Å². The summed E-state index contributed by atoms with van der Waals surface area (Å²) in [6.45, 7) is 8.47. The number of nitrogens with zero attached hydrogens (tertiary/aromatic N) is 3. The number of alkyl halides is 1. The van der Waals surface area contributed by atoms with Gasteiger partial charge in [0.2, 0.25) is 11.8 Å². The van der Waals surface area contributed by atoms with Crippen molar-refractivity contribution < 1.29 is 24.2 Å². The van der Waals surface area contributed by atoms with E-state index in [9.17, 15) is 19.5 Å². The molecule has 1 N–H and O–H groups in total. The van der Waals surface area contributed by atoms with Gasteiger partial charge in [0, 0.05) is 38.1 Å². The maximum atomic E-state index is 14.5. The number of anilines is 1. The molecular weight excluding hydrogens is 574 g/mol. The first-order valence-corrected chi connectivity index (χ1v) is 14.3. The van der Waals surface area contributed by atoms with E-state index in [0.717, 1.165) is 0 Å². The Labute approximate surface area is 237 Å². The van der Waals surface area contributed by atoms with Gasteiger partial charge in [0.15, 0.2) is 0 Å². The van der Waals surface area contributed by atoms with Crippen molar-refractivity contribution in [2.24, 2.45) is 11.8 Å². The fourth-order valence-corrected chi connectivity index (χ4v) is 7.48. The number of ether oxygens (including phenoxy) is 1. The summed E-state index contributed by atoms with van der Waals surface area (Å²) >= 11 is 10.2. The minimum absolute atomic E-state index is 0.0603. The highest BCUT2D eigenvalue weighted by molar-refractivity contribution is 9.09. The number of amides is 3. The Balaban J connectivity index is 1.77. The number of carbonyl (C=O) groups excluding carboxylic acids is 3. The van der Waals surface area contributed by atoms with E-state index in [1.54, 1.807) is 58.2 Å². The number of rotatable bonds is 12. The lowest BCUT2D eigenvalue weighted by atomic mass is 9.70. The number of benzene rings is 1. The van der Waals surface area contributed by atoms with Crippen LogP contribution in [0.25, 0.3) is 0 Å². The summed E-state index contributed by atoms with van der Waals surface area (Å²) < 4.78 is 6.59. The number of unbranched alkanes of at least 4 members (excludes halogenated alkanes) is 2. The van der Waals surface area contributed by atoms with E-state index in [-0.39, 0.29) is 35.7 Å². The summed E-state index contributed by atoms with van der Waals surface area (Å²) in [7, 11) is 1.68. The Morgan fingerprint density at radius 1 is 1.21 bits per heavy atom. The molecule has 3 heterocycles. The molecule has 3 aliphatic heterocycles. The van der Waals surface area contributed by atoms with Gasteiger partial charge in [-0.25, -0.2) is 0 Å². The third-order valence-electron chi connectivity index (χ3n) is 7.87. The van der Waals surface area contributed by atoms with Crippen molar-refractivity contribution in [2.75, 3.05) is 38.2 Å². The molecule has 6 atom stereocenters. The number of carbonyl (C=O) groups is 3. The van der Waals surface area contributed by atoms with Crippen molar-refractivity contribution in [3.8, 4) is 0 Å². The van der Waals surface area contributed by atoms with Crippen LogP contribution in [0.5, 0.6) is 0 Å². The molecule has 3 amide bonds. The monoisotopic (exact) mass is 607 g/mol. The van der Waals surface area contributed by atoms with Gasteiger partial charge in [0.05, 0.1) is 28.6 Å². The molecule has 4 rings (SSSR count). The molecule has 1 aromatic rings. The van der Waals surface area contributed by atoms with Crippen LogP contribution in [0, 0.1) is 11.8 Å². The Morgan fingerprint density at radius 2 is 1.92 bits per heavy atom. The van der Waals surface area contributed by atoms with Gasteiger partial charge in [0.1, 0.15) is 11.6 Å². The summed E-state index contributed by atoms with van der Waals surface area (Å²) in [5, 5.41) is 9.64. The molecule has 3 unspecified atom stereocenters. The van der Waals surface area contributed by atoms with Crippen molar-refractivity contribution in [1.29, 1.82) is 0 Å². The van der Waals surface area contributed by atoms with Crippen LogP contribution in [0.4, 0.5) is 5.69 Å². The molecule has 38 heavy (non-hydrogen) atoms. The topological polar surface area (TPSA) is 90.4 Å². The molecule has 0 saturated carbocycles. The van der Waals surface area contributed by atoms with Gasteiger partial charge >= 0.3 is 0 Å². The SMILES string of the molecule is C=CCN(C)C(=O)[C@H]1[C@H]2C(=O)N(CCCCCO)C(C(=O)N(CC=C)c3ccccc3Cl)C23CC(Br)[C@@H]1O3. The van der Waals surface area contributed by atoms with Crippen LogP contribution in [0.2, 0.25) is 5.02 Å². The molecule has 3 fully saturated rings. The minimum atomic E-state index is -1.15. The molecule has 3 saturated heterocycles. The normalized spacial score (nSPS) is 29.3. The van der Waals surface area contributed by atoms with E-state index in [4.69, 9.17) is 16.3 Å². The smallest absolute Gasteiger partial charge is 0.253 e. The fraction of sp³-hybridized carbons (Fsp3) is 0.536. The maximum absolute atomic E-state index is 14.5. The summed E-state index contributed by atoms with van der Waals surface area (Å²) in [5.41, 5.74) is -0.632. The molecule has 1 aromatic carbocycles. The Morgan fingerprint density at radius 3 is 2.58 bits per heavy atom. The first kappa shape index (κ1) is 28.8. The molecule has 0 aliphatic carbocycles. The second-order valence-corrected chi connectivity index (χ2v) is 11.8. The van der Waals surface area contributed by atoms with Crippen LogP contribution < -0.4 is 4.90 Å². The van der Waals surface area contributed by atoms with Gasteiger partial charge in [-0.3, -0.25) is 14.4 Å². The first-order valence-electron chi connectivity index (χ1n) is 13.0. The highest BCUT2D eigenvalue weighted by Gasteiger charge is 2.76. The average molecular weight is 609 g/mol. The average Bonchev–Trinajstić information content (AvgIpc) is 3.48. The number of halogens is 2. The van der Waals surface area contributed by atoms with Crippen LogP contribution in [0.3, 0.4) is 0 Å². The van der Waals surface area contributed by atoms with E-state index in [1.165, 1.54) is 0 Å². The molecule has 8 nitrogen and oxygen atoms in total. The number of para-hydroxylation sites is 1. The lowest BCUT2D eigenvalue weighted by molar-refractivity contribution is -0.144.